The van der Waals surface area contributed by atoms with Gasteiger partial charge in [0.1, 0.15) is 11.4 Å². The molecular formula is C13H21N5O3. The van der Waals surface area contributed by atoms with Gasteiger partial charge in [0.15, 0.2) is 5.82 Å². The maximum atomic E-state index is 12.0. The zero-order valence-electron chi connectivity index (χ0n) is 12.8. The molecule has 0 unspecified atom stereocenters. The number of hydrogen-bond donors (Lipinski definition) is 1. The van der Waals surface area contributed by atoms with Crippen molar-refractivity contribution in [3.05, 3.63) is 11.7 Å². The first kappa shape index (κ1) is 15.3. The van der Waals surface area contributed by atoms with Crippen molar-refractivity contribution in [1.29, 1.82) is 0 Å². The Balaban J connectivity index is 1.85. The van der Waals surface area contributed by atoms with Crippen LogP contribution in [-0.2, 0) is 11.3 Å². The highest BCUT2D eigenvalue weighted by molar-refractivity contribution is 5.87. The minimum absolute atomic E-state index is 0.327. The number of carbonyl (C=O) groups is 1. The lowest BCUT2D eigenvalue weighted by atomic mass is 10.2. The third kappa shape index (κ3) is 4.73. The number of hydrogen-bond acceptors (Lipinski definition) is 7. The van der Waals surface area contributed by atoms with Gasteiger partial charge in [-0.05, 0) is 20.8 Å². The maximum absolute atomic E-state index is 12.0. The van der Waals surface area contributed by atoms with E-state index in [0.29, 0.717) is 37.9 Å². The van der Waals surface area contributed by atoms with Crippen LogP contribution in [0.25, 0.3) is 0 Å². The van der Waals surface area contributed by atoms with E-state index < -0.39 is 5.60 Å². The Morgan fingerprint density at radius 3 is 2.86 bits per heavy atom. The summed E-state index contributed by atoms with van der Waals surface area (Å²) in [7, 11) is 0. The first-order chi connectivity index (χ1) is 9.83. The molecule has 0 spiro atoms. The van der Waals surface area contributed by atoms with Crippen molar-refractivity contribution in [3.8, 4) is 0 Å². The summed E-state index contributed by atoms with van der Waals surface area (Å²) in [5, 5.41) is 6.91. The molecule has 2 heterocycles. The topological polar surface area (TPSA) is 92.9 Å². The van der Waals surface area contributed by atoms with Crippen molar-refractivity contribution in [2.75, 3.05) is 19.6 Å². The molecule has 0 bridgehead atoms. The van der Waals surface area contributed by atoms with Crippen LogP contribution in [0, 0.1) is 6.92 Å². The second-order valence-corrected chi connectivity index (χ2v) is 5.81. The lowest BCUT2D eigenvalue weighted by molar-refractivity contribution is 0.0276. The molecular weight excluding hydrogens is 274 g/mol. The number of carbonyl (C=O) groups excluding carboxylic acids is 1. The SMILES string of the molecule is Cc1nc(CNC2=NCCN(C(=O)OC(C)(C)C)C2)no1. The van der Waals surface area contributed by atoms with Crippen molar-refractivity contribution in [2.24, 2.45) is 4.99 Å². The Morgan fingerprint density at radius 2 is 2.24 bits per heavy atom. The summed E-state index contributed by atoms with van der Waals surface area (Å²) in [6.07, 6.45) is -0.327. The third-order valence-electron chi connectivity index (χ3n) is 2.69. The number of amides is 1. The van der Waals surface area contributed by atoms with Gasteiger partial charge < -0.3 is 14.6 Å². The first-order valence-electron chi connectivity index (χ1n) is 6.88. The van der Waals surface area contributed by atoms with Gasteiger partial charge in [0.25, 0.3) is 0 Å². The smallest absolute Gasteiger partial charge is 0.410 e. The predicted octanol–water partition coefficient (Wildman–Crippen LogP) is 1.12. The molecule has 0 saturated heterocycles. The van der Waals surface area contributed by atoms with Gasteiger partial charge in [-0.2, -0.15) is 4.98 Å². The number of aryl methyl sites for hydroxylation is 1. The molecule has 0 aromatic carbocycles. The molecule has 1 amide bonds. The number of nitrogens with one attached hydrogen (secondary N) is 1. The standard InChI is InChI=1S/C13H21N5O3/c1-9-16-10(17-21-9)7-15-11-8-18(6-5-14-11)12(19)20-13(2,3)4/h5-8H2,1-4H3,(H,14,15). The summed E-state index contributed by atoms with van der Waals surface area (Å²) in [5.74, 6) is 1.80. The molecule has 1 aromatic heterocycles. The average Bonchev–Trinajstić information content (AvgIpc) is 2.81. The van der Waals surface area contributed by atoms with E-state index in [4.69, 9.17) is 9.26 Å². The fraction of sp³-hybridized carbons (Fsp3) is 0.692. The Kier molecular flexibility index (Phi) is 4.44. The van der Waals surface area contributed by atoms with Crippen LogP contribution in [0.4, 0.5) is 4.79 Å². The lowest BCUT2D eigenvalue weighted by Gasteiger charge is -2.29. The largest absolute Gasteiger partial charge is 0.444 e. The molecule has 1 N–H and O–H groups in total. The van der Waals surface area contributed by atoms with Crippen LogP contribution in [0.3, 0.4) is 0 Å². The molecule has 0 radical (unpaired) electrons. The second-order valence-electron chi connectivity index (χ2n) is 5.81. The summed E-state index contributed by atoms with van der Waals surface area (Å²) in [4.78, 5) is 22.1. The molecule has 116 valence electrons. The lowest BCUT2D eigenvalue weighted by Crippen LogP contribution is -2.47. The highest BCUT2D eigenvalue weighted by atomic mass is 16.6. The molecule has 0 saturated carbocycles. The molecule has 1 aromatic rings. The summed E-state index contributed by atoms with van der Waals surface area (Å²) in [5.41, 5.74) is -0.499. The molecule has 8 nitrogen and oxygen atoms in total. The fourth-order valence-corrected chi connectivity index (χ4v) is 1.80. The van der Waals surface area contributed by atoms with Crippen LogP contribution >= 0.6 is 0 Å². The molecule has 1 aliphatic heterocycles. The molecule has 8 heteroatoms. The molecule has 0 aliphatic carbocycles. The Bertz CT molecular complexity index is 532. The molecule has 21 heavy (non-hydrogen) atoms. The summed E-state index contributed by atoms with van der Waals surface area (Å²) < 4.78 is 10.2. The van der Waals surface area contributed by atoms with Crippen molar-refractivity contribution < 1.29 is 14.1 Å². The van der Waals surface area contributed by atoms with Gasteiger partial charge in [-0.1, -0.05) is 5.16 Å². The maximum Gasteiger partial charge on any atom is 0.410 e. The molecule has 2 rings (SSSR count). The number of aromatic nitrogens is 2. The van der Waals surface area contributed by atoms with Crippen LogP contribution in [0.2, 0.25) is 0 Å². The van der Waals surface area contributed by atoms with E-state index in [-0.39, 0.29) is 6.09 Å². The third-order valence-corrected chi connectivity index (χ3v) is 2.69. The van der Waals surface area contributed by atoms with E-state index in [1.807, 2.05) is 20.8 Å². The van der Waals surface area contributed by atoms with Crippen molar-refractivity contribution in [3.63, 3.8) is 0 Å². The van der Waals surface area contributed by atoms with E-state index in [0.717, 1.165) is 5.84 Å². The molecule has 1 aliphatic rings. The van der Waals surface area contributed by atoms with Gasteiger partial charge in [-0.3, -0.25) is 9.89 Å². The summed E-state index contributed by atoms with van der Waals surface area (Å²) in [6, 6.07) is 0. The van der Waals surface area contributed by atoms with Gasteiger partial charge in [0.2, 0.25) is 5.89 Å². The predicted molar refractivity (Wildman–Crippen MR) is 76.0 cm³/mol. The summed E-state index contributed by atoms with van der Waals surface area (Å²) in [6.45, 7) is 9.19. The summed E-state index contributed by atoms with van der Waals surface area (Å²) >= 11 is 0. The second kappa shape index (κ2) is 6.11. The zero-order chi connectivity index (χ0) is 15.5. The normalized spacial score (nSPS) is 15.6. The van der Waals surface area contributed by atoms with E-state index in [2.05, 4.69) is 20.4 Å². The van der Waals surface area contributed by atoms with Crippen LogP contribution in [0.1, 0.15) is 32.5 Å². The Labute approximate surface area is 123 Å². The van der Waals surface area contributed by atoms with E-state index in [9.17, 15) is 4.79 Å². The molecule has 0 fully saturated rings. The highest BCUT2D eigenvalue weighted by Gasteiger charge is 2.25. The Morgan fingerprint density at radius 1 is 1.48 bits per heavy atom. The van der Waals surface area contributed by atoms with Gasteiger partial charge in [-0.25, -0.2) is 4.79 Å². The monoisotopic (exact) mass is 295 g/mol. The van der Waals surface area contributed by atoms with Crippen LogP contribution in [0.5, 0.6) is 0 Å². The minimum Gasteiger partial charge on any atom is -0.444 e. The number of amidine groups is 1. The minimum atomic E-state index is -0.499. The van der Waals surface area contributed by atoms with E-state index in [1.54, 1.807) is 11.8 Å². The number of ether oxygens (including phenoxy) is 1. The van der Waals surface area contributed by atoms with Gasteiger partial charge >= 0.3 is 6.09 Å². The highest BCUT2D eigenvalue weighted by Crippen LogP contribution is 2.11. The van der Waals surface area contributed by atoms with Crippen LogP contribution < -0.4 is 5.32 Å². The molecule has 0 atom stereocenters. The van der Waals surface area contributed by atoms with E-state index >= 15 is 0 Å². The fourth-order valence-electron chi connectivity index (χ4n) is 1.80. The number of aliphatic imine (C=N–C) groups is 1. The van der Waals surface area contributed by atoms with Gasteiger partial charge in [-0.15, -0.1) is 0 Å². The van der Waals surface area contributed by atoms with Crippen LogP contribution in [-0.4, -0.2) is 52.2 Å². The number of nitrogens with zero attached hydrogens (tertiary/aromatic N) is 4. The zero-order valence-corrected chi connectivity index (χ0v) is 12.8. The Hall–Kier alpha value is -2.12. The first-order valence-corrected chi connectivity index (χ1v) is 6.88. The van der Waals surface area contributed by atoms with E-state index in [1.165, 1.54) is 0 Å². The van der Waals surface area contributed by atoms with Crippen molar-refractivity contribution in [2.45, 2.75) is 39.8 Å². The van der Waals surface area contributed by atoms with Gasteiger partial charge in [0.05, 0.1) is 19.6 Å². The van der Waals surface area contributed by atoms with Crippen molar-refractivity contribution in [1.82, 2.24) is 20.4 Å². The average molecular weight is 295 g/mol. The van der Waals surface area contributed by atoms with Crippen LogP contribution in [0.15, 0.2) is 9.52 Å². The quantitative estimate of drug-likeness (QED) is 0.878. The van der Waals surface area contributed by atoms with Gasteiger partial charge in [0, 0.05) is 13.5 Å². The number of rotatable bonds is 2. The van der Waals surface area contributed by atoms with Crippen molar-refractivity contribution >= 4 is 11.9 Å².